The predicted octanol–water partition coefficient (Wildman–Crippen LogP) is 1.96. The molecule has 5 nitrogen and oxygen atoms in total. The second-order valence-electron chi connectivity index (χ2n) is 8.40. The molecule has 1 amide bonds. The second kappa shape index (κ2) is 6.86. The third-order valence-electron chi connectivity index (χ3n) is 6.66. The first-order valence-corrected chi connectivity index (χ1v) is 10.1. The molecule has 1 N–H and O–H groups in total. The highest BCUT2D eigenvalue weighted by molar-refractivity contribution is 5.97. The van der Waals surface area contributed by atoms with Gasteiger partial charge in [0.1, 0.15) is 5.75 Å². The quantitative estimate of drug-likeness (QED) is 0.876. The Balaban J connectivity index is 1.11. The molecule has 0 bridgehead atoms. The van der Waals surface area contributed by atoms with Gasteiger partial charge in [-0.05, 0) is 54.6 Å². The fourth-order valence-corrected chi connectivity index (χ4v) is 5.15. The molecule has 5 rings (SSSR count). The zero-order valence-corrected chi connectivity index (χ0v) is 15.3. The van der Waals surface area contributed by atoms with Gasteiger partial charge in [-0.25, -0.2) is 0 Å². The molecule has 3 atom stereocenters. The molecule has 26 heavy (non-hydrogen) atoms. The van der Waals surface area contributed by atoms with Gasteiger partial charge < -0.3 is 19.7 Å². The molecule has 0 spiro atoms. The summed E-state index contributed by atoms with van der Waals surface area (Å²) in [6.07, 6.45) is 3.26. The maximum absolute atomic E-state index is 12.6. The lowest BCUT2D eigenvalue weighted by Gasteiger charge is -2.22. The Morgan fingerprint density at radius 3 is 2.92 bits per heavy atom. The summed E-state index contributed by atoms with van der Waals surface area (Å²) in [7, 11) is 0. The monoisotopic (exact) mass is 356 g/mol. The molecular weight excluding hydrogens is 328 g/mol. The van der Waals surface area contributed by atoms with Crippen LogP contribution in [0.25, 0.3) is 0 Å². The Hall–Kier alpha value is -1.59. The number of nitrogens with zero attached hydrogens (tertiary/aromatic N) is 1. The number of likely N-dealkylation sites (tertiary alicyclic amines) is 1. The van der Waals surface area contributed by atoms with Gasteiger partial charge in [-0.1, -0.05) is 12.1 Å². The fraction of sp³-hybridized carbons (Fsp3) is 0.667. The van der Waals surface area contributed by atoms with E-state index in [-0.39, 0.29) is 5.91 Å². The summed E-state index contributed by atoms with van der Waals surface area (Å²) in [6, 6.07) is 5.93. The van der Waals surface area contributed by atoms with Crippen LogP contribution in [0.2, 0.25) is 0 Å². The molecular formula is C21H28N2O3. The normalized spacial score (nSPS) is 32.6. The number of nitrogens with one attached hydrogen (secondary N) is 1. The van der Waals surface area contributed by atoms with Crippen LogP contribution in [0.3, 0.4) is 0 Å². The first-order valence-electron chi connectivity index (χ1n) is 10.1. The highest BCUT2D eigenvalue weighted by Gasteiger charge is 2.55. The molecule has 3 aliphatic heterocycles. The molecule has 140 valence electrons. The lowest BCUT2D eigenvalue weighted by Crippen LogP contribution is -2.33. The van der Waals surface area contributed by atoms with E-state index in [1.54, 1.807) is 0 Å². The van der Waals surface area contributed by atoms with E-state index < -0.39 is 0 Å². The zero-order chi connectivity index (χ0) is 17.5. The molecule has 1 saturated carbocycles. The standard InChI is InChI=1S/C21H28N2O3/c24-21(16-5-1-3-15-4-2-7-26-20(15)16)22-9-17-18-11-23(12-19(17)18)10-14-6-8-25-13-14/h1,3,5,14,17-19H,2,4,6-13H2,(H,22,24). The first kappa shape index (κ1) is 16.6. The van der Waals surface area contributed by atoms with Crippen molar-refractivity contribution in [3.05, 3.63) is 29.3 Å². The molecule has 3 heterocycles. The van der Waals surface area contributed by atoms with E-state index in [0.29, 0.717) is 18.1 Å². The van der Waals surface area contributed by atoms with Crippen LogP contribution in [-0.2, 0) is 11.2 Å². The Morgan fingerprint density at radius 2 is 2.12 bits per heavy atom. The molecule has 0 aromatic heterocycles. The van der Waals surface area contributed by atoms with Gasteiger partial charge >= 0.3 is 0 Å². The number of benzene rings is 1. The molecule has 3 fully saturated rings. The predicted molar refractivity (Wildman–Crippen MR) is 98.4 cm³/mol. The van der Waals surface area contributed by atoms with Gasteiger partial charge in [0.15, 0.2) is 0 Å². The number of rotatable bonds is 5. The van der Waals surface area contributed by atoms with E-state index >= 15 is 0 Å². The number of carbonyl (C=O) groups excluding carboxylic acids is 1. The van der Waals surface area contributed by atoms with Crippen LogP contribution >= 0.6 is 0 Å². The summed E-state index contributed by atoms with van der Waals surface area (Å²) in [5.74, 6) is 3.77. The highest BCUT2D eigenvalue weighted by Crippen LogP contribution is 2.51. The summed E-state index contributed by atoms with van der Waals surface area (Å²) in [4.78, 5) is 15.3. The largest absolute Gasteiger partial charge is 0.492 e. The summed E-state index contributed by atoms with van der Waals surface area (Å²) in [6.45, 7) is 6.99. The van der Waals surface area contributed by atoms with Crippen LogP contribution in [0.5, 0.6) is 5.75 Å². The van der Waals surface area contributed by atoms with Crippen molar-refractivity contribution in [3.8, 4) is 5.75 Å². The number of piperidine rings is 1. The topological polar surface area (TPSA) is 50.8 Å². The SMILES string of the molecule is O=C(NCC1C2CN(CC3CCOC3)CC12)c1cccc2c1OCCC2. The Bertz CT molecular complexity index is 674. The number of para-hydroxylation sites is 1. The molecule has 4 aliphatic rings. The number of carbonyl (C=O) groups is 1. The summed E-state index contributed by atoms with van der Waals surface area (Å²) in [5, 5.41) is 3.17. The molecule has 0 radical (unpaired) electrons. The zero-order valence-electron chi connectivity index (χ0n) is 15.3. The van der Waals surface area contributed by atoms with Gasteiger partial charge in [0.2, 0.25) is 0 Å². The summed E-state index contributed by atoms with van der Waals surface area (Å²) < 4.78 is 11.3. The third-order valence-corrected chi connectivity index (χ3v) is 6.66. The Labute approximate surface area is 155 Å². The number of fused-ring (bicyclic) bond motifs is 2. The van der Waals surface area contributed by atoms with Crippen LogP contribution in [0.15, 0.2) is 18.2 Å². The Morgan fingerprint density at radius 1 is 1.23 bits per heavy atom. The van der Waals surface area contributed by atoms with E-state index in [2.05, 4.69) is 16.3 Å². The second-order valence-corrected chi connectivity index (χ2v) is 8.40. The van der Waals surface area contributed by atoms with Crippen LogP contribution in [-0.4, -0.2) is 56.8 Å². The molecule has 1 aliphatic carbocycles. The first-order chi connectivity index (χ1) is 12.8. The van der Waals surface area contributed by atoms with E-state index in [0.717, 1.165) is 56.1 Å². The lowest BCUT2D eigenvalue weighted by molar-refractivity contribution is 0.0943. The van der Waals surface area contributed by atoms with Gasteiger partial charge in [0.05, 0.1) is 18.8 Å². The van der Waals surface area contributed by atoms with Crippen molar-refractivity contribution in [1.82, 2.24) is 10.2 Å². The summed E-state index contributed by atoms with van der Waals surface area (Å²) >= 11 is 0. The maximum atomic E-state index is 12.6. The minimum absolute atomic E-state index is 0.0219. The van der Waals surface area contributed by atoms with Crippen LogP contribution in [0.1, 0.15) is 28.8 Å². The van der Waals surface area contributed by atoms with Crippen molar-refractivity contribution >= 4 is 5.91 Å². The minimum atomic E-state index is 0.0219. The maximum Gasteiger partial charge on any atom is 0.255 e. The minimum Gasteiger partial charge on any atom is -0.492 e. The van der Waals surface area contributed by atoms with E-state index in [1.807, 2.05) is 12.1 Å². The van der Waals surface area contributed by atoms with E-state index in [4.69, 9.17) is 9.47 Å². The summed E-state index contributed by atoms with van der Waals surface area (Å²) in [5.41, 5.74) is 1.87. The molecule has 1 aromatic carbocycles. The van der Waals surface area contributed by atoms with E-state index in [9.17, 15) is 4.79 Å². The van der Waals surface area contributed by atoms with Crippen LogP contribution in [0.4, 0.5) is 0 Å². The van der Waals surface area contributed by atoms with Gasteiger partial charge in [-0.2, -0.15) is 0 Å². The van der Waals surface area contributed by atoms with Crippen LogP contribution < -0.4 is 10.1 Å². The highest BCUT2D eigenvalue weighted by atomic mass is 16.5. The molecule has 1 aromatic rings. The van der Waals surface area contributed by atoms with Crippen molar-refractivity contribution < 1.29 is 14.3 Å². The van der Waals surface area contributed by atoms with Crippen LogP contribution in [0, 0.1) is 23.7 Å². The van der Waals surface area contributed by atoms with Crippen molar-refractivity contribution in [3.63, 3.8) is 0 Å². The smallest absolute Gasteiger partial charge is 0.255 e. The van der Waals surface area contributed by atoms with Crippen molar-refractivity contribution in [1.29, 1.82) is 0 Å². The van der Waals surface area contributed by atoms with Gasteiger partial charge in [0, 0.05) is 32.8 Å². The average Bonchev–Trinajstić information content (AvgIpc) is 3.05. The Kier molecular flexibility index (Phi) is 4.37. The number of aryl methyl sites for hydroxylation is 1. The number of hydrogen-bond acceptors (Lipinski definition) is 4. The molecule has 3 unspecified atom stereocenters. The molecule has 2 saturated heterocycles. The van der Waals surface area contributed by atoms with Crippen molar-refractivity contribution in [2.24, 2.45) is 23.7 Å². The van der Waals surface area contributed by atoms with E-state index in [1.165, 1.54) is 31.6 Å². The van der Waals surface area contributed by atoms with Gasteiger partial charge in [0.25, 0.3) is 5.91 Å². The molecule has 5 heteroatoms. The third kappa shape index (κ3) is 3.12. The van der Waals surface area contributed by atoms with Crippen molar-refractivity contribution in [2.45, 2.75) is 19.3 Å². The van der Waals surface area contributed by atoms with Crippen molar-refractivity contribution in [2.75, 3.05) is 46.0 Å². The lowest BCUT2D eigenvalue weighted by atomic mass is 10.0. The fourth-order valence-electron chi connectivity index (χ4n) is 5.15. The number of amides is 1. The van der Waals surface area contributed by atoms with Gasteiger partial charge in [-0.3, -0.25) is 4.79 Å². The average molecular weight is 356 g/mol. The number of hydrogen-bond donors (Lipinski definition) is 1. The number of ether oxygens (including phenoxy) is 2. The van der Waals surface area contributed by atoms with Gasteiger partial charge in [-0.15, -0.1) is 0 Å².